The van der Waals surface area contributed by atoms with Crippen LogP contribution in [0, 0.1) is 0 Å². The molecule has 0 aromatic heterocycles. The second-order valence-corrected chi connectivity index (χ2v) is 7.26. The zero-order chi connectivity index (χ0) is 17.2. The molecule has 1 aromatic carbocycles. The van der Waals surface area contributed by atoms with E-state index in [1.807, 2.05) is 17.0 Å². The third-order valence-electron chi connectivity index (χ3n) is 5.31. The Hall–Kier alpha value is -0.560. The van der Waals surface area contributed by atoms with Crippen molar-refractivity contribution in [3.63, 3.8) is 0 Å². The number of halogens is 3. The lowest BCUT2D eigenvalue weighted by Crippen LogP contribution is -2.61. The van der Waals surface area contributed by atoms with Gasteiger partial charge in [0.1, 0.15) is 0 Å². The Labute approximate surface area is 173 Å². The number of hydrogen-bond donors (Lipinski definition) is 1. The maximum atomic E-state index is 12.8. The smallest absolute Gasteiger partial charge is 0.242 e. The summed E-state index contributed by atoms with van der Waals surface area (Å²) >= 11 is 5.96. The minimum atomic E-state index is -0.734. The van der Waals surface area contributed by atoms with Crippen LogP contribution in [0.4, 0.5) is 0 Å². The number of carbonyl (C=O) groups excluding carboxylic acids is 1. The van der Waals surface area contributed by atoms with Crippen LogP contribution in [-0.4, -0.2) is 60.6 Å². The summed E-state index contributed by atoms with van der Waals surface area (Å²) in [5.74, 6) is 0.0876. The zero-order valence-corrected chi connectivity index (χ0v) is 17.4. The van der Waals surface area contributed by atoms with E-state index in [4.69, 9.17) is 22.1 Å². The van der Waals surface area contributed by atoms with Crippen molar-refractivity contribution < 1.29 is 9.53 Å². The standard InChI is InChI=1S/C18H26ClN3O2.2ClH/c1-14(15-2-4-16(19)5-3-15)21-8-10-22(11-9-21)17(23)18(20)6-12-24-13-7-18;;/h2-5,14H,6-13,20H2,1H3;2*1H. The van der Waals surface area contributed by atoms with Gasteiger partial charge in [-0.1, -0.05) is 23.7 Å². The normalized spacial score (nSPS) is 21.3. The summed E-state index contributed by atoms with van der Waals surface area (Å²) in [6.45, 7) is 6.55. The molecule has 2 aliphatic rings. The third-order valence-corrected chi connectivity index (χ3v) is 5.56. The summed E-state index contributed by atoms with van der Waals surface area (Å²) in [4.78, 5) is 17.1. The first kappa shape index (κ1) is 23.5. The van der Waals surface area contributed by atoms with E-state index in [0.717, 1.165) is 31.2 Å². The Balaban J connectivity index is 0.00000169. The first-order valence-electron chi connectivity index (χ1n) is 8.65. The van der Waals surface area contributed by atoms with Gasteiger partial charge in [0, 0.05) is 50.5 Å². The third kappa shape index (κ3) is 5.24. The maximum absolute atomic E-state index is 12.8. The molecule has 5 nitrogen and oxygen atoms in total. The van der Waals surface area contributed by atoms with E-state index in [-0.39, 0.29) is 30.7 Å². The molecule has 2 fully saturated rings. The number of amides is 1. The zero-order valence-electron chi connectivity index (χ0n) is 15.0. The second kappa shape index (κ2) is 10.1. The van der Waals surface area contributed by atoms with E-state index in [1.54, 1.807) is 0 Å². The minimum Gasteiger partial charge on any atom is -0.381 e. The van der Waals surface area contributed by atoms with Crippen molar-refractivity contribution in [2.75, 3.05) is 39.4 Å². The van der Waals surface area contributed by atoms with Crippen molar-refractivity contribution in [1.29, 1.82) is 0 Å². The molecule has 1 aromatic rings. The van der Waals surface area contributed by atoms with Gasteiger partial charge in [-0.15, -0.1) is 24.8 Å². The Morgan fingerprint density at radius 3 is 2.19 bits per heavy atom. The van der Waals surface area contributed by atoms with Gasteiger partial charge in [-0.3, -0.25) is 9.69 Å². The number of carbonyl (C=O) groups is 1. The maximum Gasteiger partial charge on any atom is 0.242 e. The van der Waals surface area contributed by atoms with Gasteiger partial charge in [0.25, 0.3) is 0 Å². The number of piperazine rings is 1. The molecule has 1 unspecified atom stereocenters. The molecule has 0 bridgehead atoms. The van der Waals surface area contributed by atoms with E-state index in [9.17, 15) is 4.79 Å². The fraction of sp³-hybridized carbons (Fsp3) is 0.611. The van der Waals surface area contributed by atoms with Gasteiger partial charge in [0.05, 0.1) is 5.54 Å². The predicted octanol–water partition coefficient (Wildman–Crippen LogP) is 2.90. The molecular weight excluding hydrogens is 397 g/mol. The molecule has 1 atom stereocenters. The minimum absolute atomic E-state index is 0. The number of hydrogen-bond acceptors (Lipinski definition) is 4. The van der Waals surface area contributed by atoms with Crippen LogP contribution in [0.1, 0.15) is 31.4 Å². The molecule has 0 radical (unpaired) electrons. The number of benzene rings is 1. The van der Waals surface area contributed by atoms with Gasteiger partial charge in [0.2, 0.25) is 5.91 Å². The monoisotopic (exact) mass is 423 g/mol. The number of ether oxygens (including phenoxy) is 1. The first-order valence-corrected chi connectivity index (χ1v) is 9.03. The van der Waals surface area contributed by atoms with Gasteiger partial charge in [-0.2, -0.15) is 0 Å². The van der Waals surface area contributed by atoms with Crippen molar-refractivity contribution in [3.05, 3.63) is 34.9 Å². The Kier molecular flexibility index (Phi) is 9.13. The highest BCUT2D eigenvalue weighted by Gasteiger charge is 2.40. The lowest BCUT2D eigenvalue weighted by atomic mass is 9.89. The summed E-state index contributed by atoms with van der Waals surface area (Å²) in [6.07, 6.45) is 1.24. The van der Waals surface area contributed by atoms with Crippen molar-refractivity contribution in [3.8, 4) is 0 Å². The SMILES string of the molecule is CC(c1ccc(Cl)cc1)N1CCN(C(=O)C2(N)CCOCC2)CC1.Cl.Cl. The van der Waals surface area contributed by atoms with Crippen LogP contribution in [0.2, 0.25) is 5.02 Å². The molecule has 2 heterocycles. The number of nitrogens with two attached hydrogens (primary N) is 1. The van der Waals surface area contributed by atoms with E-state index in [0.29, 0.717) is 32.1 Å². The molecule has 2 saturated heterocycles. The summed E-state index contributed by atoms with van der Waals surface area (Å²) in [5.41, 5.74) is 6.85. The van der Waals surface area contributed by atoms with Gasteiger partial charge in [-0.25, -0.2) is 0 Å². The molecule has 2 N–H and O–H groups in total. The molecule has 0 aliphatic carbocycles. The van der Waals surface area contributed by atoms with Crippen molar-refractivity contribution in [2.45, 2.75) is 31.3 Å². The van der Waals surface area contributed by atoms with E-state index in [2.05, 4.69) is 24.0 Å². The van der Waals surface area contributed by atoms with Gasteiger partial charge in [0.15, 0.2) is 0 Å². The Morgan fingerprint density at radius 2 is 1.65 bits per heavy atom. The molecular formula is C18H28Cl3N3O2. The van der Waals surface area contributed by atoms with Crippen LogP contribution in [0.15, 0.2) is 24.3 Å². The van der Waals surface area contributed by atoms with E-state index >= 15 is 0 Å². The quantitative estimate of drug-likeness (QED) is 0.810. The number of nitrogens with zero attached hydrogens (tertiary/aromatic N) is 2. The molecule has 26 heavy (non-hydrogen) atoms. The topological polar surface area (TPSA) is 58.8 Å². The summed E-state index contributed by atoms with van der Waals surface area (Å²) in [6, 6.07) is 8.31. The van der Waals surface area contributed by atoms with Gasteiger partial charge >= 0.3 is 0 Å². The average Bonchev–Trinajstić information content (AvgIpc) is 2.62. The van der Waals surface area contributed by atoms with Crippen LogP contribution < -0.4 is 5.73 Å². The molecule has 3 rings (SSSR count). The highest BCUT2D eigenvalue weighted by atomic mass is 35.5. The predicted molar refractivity (Wildman–Crippen MR) is 109 cm³/mol. The van der Waals surface area contributed by atoms with Crippen LogP contribution in [-0.2, 0) is 9.53 Å². The van der Waals surface area contributed by atoms with Crippen LogP contribution in [0.3, 0.4) is 0 Å². The second-order valence-electron chi connectivity index (χ2n) is 6.82. The van der Waals surface area contributed by atoms with Crippen molar-refractivity contribution in [2.24, 2.45) is 5.73 Å². The molecule has 1 amide bonds. The highest BCUT2D eigenvalue weighted by Crippen LogP contribution is 2.25. The van der Waals surface area contributed by atoms with E-state index < -0.39 is 5.54 Å². The largest absolute Gasteiger partial charge is 0.381 e. The molecule has 8 heteroatoms. The Morgan fingerprint density at radius 1 is 1.12 bits per heavy atom. The highest BCUT2D eigenvalue weighted by molar-refractivity contribution is 6.30. The fourth-order valence-corrected chi connectivity index (χ4v) is 3.65. The number of rotatable bonds is 3. The van der Waals surface area contributed by atoms with Crippen molar-refractivity contribution >= 4 is 42.3 Å². The lowest BCUT2D eigenvalue weighted by molar-refractivity contribution is -0.142. The summed E-state index contributed by atoms with van der Waals surface area (Å²) in [5, 5.41) is 0.756. The van der Waals surface area contributed by atoms with Crippen LogP contribution in [0.5, 0.6) is 0 Å². The first-order chi connectivity index (χ1) is 11.5. The fourth-order valence-electron chi connectivity index (χ4n) is 3.53. The average molecular weight is 425 g/mol. The van der Waals surface area contributed by atoms with Crippen LogP contribution >= 0.6 is 36.4 Å². The summed E-state index contributed by atoms with van der Waals surface area (Å²) < 4.78 is 5.34. The van der Waals surface area contributed by atoms with Gasteiger partial charge in [-0.05, 0) is 37.5 Å². The van der Waals surface area contributed by atoms with E-state index in [1.165, 1.54) is 5.56 Å². The molecule has 0 saturated carbocycles. The van der Waals surface area contributed by atoms with Gasteiger partial charge < -0.3 is 15.4 Å². The Bertz CT molecular complexity index is 572. The molecule has 148 valence electrons. The lowest BCUT2D eigenvalue weighted by Gasteiger charge is -2.42. The summed E-state index contributed by atoms with van der Waals surface area (Å²) in [7, 11) is 0. The van der Waals surface area contributed by atoms with Crippen molar-refractivity contribution in [1.82, 2.24) is 9.80 Å². The molecule has 2 aliphatic heterocycles. The van der Waals surface area contributed by atoms with Crippen LogP contribution in [0.25, 0.3) is 0 Å². The molecule has 0 spiro atoms.